The van der Waals surface area contributed by atoms with E-state index in [1.165, 1.54) is 11.7 Å². The molecule has 2 rings (SSSR count). The standard InChI is InChI=1S/C15H17N3O4S/c1-3-18-14(21)10-6-4-5-7-11(10)17-15(18)23-9-12(19)16-8-13(20)22-2/h4-7H,3,8-9H2,1-2H3,(H,16,19). The van der Waals surface area contributed by atoms with Crippen LogP contribution in [-0.4, -0.2) is 40.8 Å². The van der Waals surface area contributed by atoms with Crippen molar-refractivity contribution in [3.05, 3.63) is 34.6 Å². The number of thioether (sulfide) groups is 1. The molecule has 0 spiro atoms. The molecule has 0 unspecified atom stereocenters. The van der Waals surface area contributed by atoms with E-state index in [4.69, 9.17) is 0 Å². The first kappa shape index (κ1) is 17.0. The van der Waals surface area contributed by atoms with E-state index in [9.17, 15) is 14.4 Å². The van der Waals surface area contributed by atoms with E-state index in [1.54, 1.807) is 18.2 Å². The number of para-hydroxylation sites is 1. The Kier molecular flexibility index (Phi) is 5.75. The summed E-state index contributed by atoms with van der Waals surface area (Å²) in [7, 11) is 1.25. The highest BCUT2D eigenvalue weighted by molar-refractivity contribution is 7.99. The first-order chi connectivity index (χ1) is 11.1. The number of nitrogens with zero attached hydrogens (tertiary/aromatic N) is 2. The van der Waals surface area contributed by atoms with Crippen molar-refractivity contribution >= 4 is 34.5 Å². The quantitative estimate of drug-likeness (QED) is 0.477. The van der Waals surface area contributed by atoms with E-state index in [1.807, 2.05) is 13.0 Å². The predicted molar refractivity (Wildman–Crippen MR) is 87.4 cm³/mol. The van der Waals surface area contributed by atoms with Gasteiger partial charge in [-0.3, -0.25) is 19.0 Å². The number of aromatic nitrogens is 2. The monoisotopic (exact) mass is 335 g/mol. The van der Waals surface area contributed by atoms with E-state index in [0.717, 1.165) is 11.8 Å². The van der Waals surface area contributed by atoms with Crippen LogP contribution < -0.4 is 10.9 Å². The first-order valence-corrected chi connectivity index (χ1v) is 8.01. The molecule has 1 aromatic carbocycles. The van der Waals surface area contributed by atoms with Crippen molar-refractivity contribution in [2.45, 2.75) is 18.6 Å². The van der Waals surface area contributed by atoms with E-state index in [2.05, 4.69) is 15.0 Å². The van der Waals surface area contributed by atoms with E-state index in [-0.39, 0.29) is 23.8 Å². The van der Waals surface area contributed by atoms with Crippen LogP contribution in [0.4, 0.5) is 0 Å². The van der Waals surface area contributed by atoms with Crippen LogP contribution in [0.1, 0.15) is 6.92 Å². The molecule has 122 valence electrons. The average Bonchev–Trinajstić information content (AvgIpc) is 2.58. The van der Waals surface area contributed by atoms with Gasteiger partial charge >= 0.3 is 5.97 Å². The molecule has 0 saturated heterocycles. The van der Waals surface area contributed by atoms with E-state index in [0.29, 0.717) is 22.6 Å². The molecular weight excluding hydrogens is 318 g/mol. The number of methoxy groups -OCH3 is 1. The largest absolute Gasteiger partial charge is 0.468 e. The number of esters is 1. The number of fused-ring (bicyclic) bond motifs is 1. The van der Waals surface area contributed by atoms with Crippen LogP contribution in [-0.2, 0) is 20.9 Å². The number of carbonyl (C=O) groups excluding carboxylic acids is 2. The molecule has 0 aliphatic carbocycles. The van der Waals surface area contributed by atoms with Gasteiger partial charge in [-0.25, -0.2) is 4.98 Å². The Morgan fingerprint density at radius 2 is 2.09 bits per heavy atom. The maximum absolute atomic E-state index is 12.4. The van der Waals surface area contributed by atoms with Crippen LogP contribution in [0.25, 0.3) is 10.9 Å². The van der Waals surface area contributed by atoms with E-state index >= 15 is 0 Å². The minimum absolute atomic E-state index is 0.0573. The summed E-state index contributed by atoms with van der Waals surface area (Å²) in [4.78, 5) is 39.6. The highest BCUT2D eigenvalue weighted by Gasteiger charge is 2.12. The summed E-state index contributed by atoms with van der Waals surface area (Å²) in [5.41, 5.74) is 0.468. The lowest BCUT2D eigenvalue weighted by Gasteiger charge is -2.11. The molecule has 23 heavy (non-hydrogen) atoms. The normalized spacial score (nSPS) is 10.5. The van der Waals surface area contributed by atoms with Gasteiger partial charge in [0.25, 0.3) is 5.56 Å². The first-order valence-electron chi connectivity index (χ1n) is 7.02. The van der Waals surface area contributed by atoms with Gasteiger partial charge < -0.3 is 10.1 Å². The number of nitrogens with one attached hydrogen (secondary N) is 1. The molecule has 7 nitrogen and oxygen atoms in total. The van der Waals surface area contributed by atoms with Gasteiger partial charge in [0.05, 0.1) is 23.8 Å². The number of benzene rings is 1. The van der Waals surface area contributed by atoms with Crippen LogP contribution in [0.5, 0.6) is 0 Å². The molecular formula is C15H17N3O4S. The van der Waals surface area contributed by atoms with Gasteiger partial charge in [0.1, 0.15) is 6.54 Å². The van der Waals surface area contributed by atoms with Gasteiger partial charge in [0.15, 0.2) is 5.16 Å². The van der Waals surface area contributed by atoms with Crippen LogP contribution in [0.3, 0.4) is 0 Å². The molecule has 0 fully saturated rings. The van der Waals surface area contributed by atoms with Gasteiger partial charge in [-0.2, -0.15) is 0 Å². The smallest absolute Gasteiger partial charge is 0.325 e. The Labute approximate surface area is 137 Å². The molecule has 1 amide bonds. The number of hydrogen-bond donors (Lipinski definition) is 1. The second-order valence-corrected chi connectivity index (χ2v) is 5.54. The van der Waals surface area contributed by atoms with Crippen molar-refractivity contribution in [2.75, 3.05) is 19.4 Å². The predicted octanol–water partition coefficient (Wildman–Crippen LogP) is 0.798. The highest BCUT2D eigenvalue weighted by atomic mass is 32.2. The van der Waals surface area contributed by atoms with E-state index < -0.39 is 5.97 Å². The van der Waals surface area contributed by atoms with Gasteiger partial charge in [-0.1, -0.05) is 23.9 Å². The molecule has 0 bridgehead atoms. The van der Waals surface area contributed by atoms with Gasteiger partial charge in [-0.15, -0.1) is 0 Å². The third-order valence-corrected chi connectivity index (χ3v) is 4.11. The summed E-state index contributed by atoms with van der Waals surface area (Å²) in [5.74, 6) is -0.787. The molecule has 0 aliphatic heterocycles. The lowest BCUT2D eigenvalue weighted by atomic mass is 10.2. The summed E-state index contributed by atoms with van der Waals surface area (Å²) in [6, 6.07) is 7.09. The molecule has 0 atom stereocenters. The summed E-state index contributed by atoms with van der Waals surface area (Å²) in [6.07, 6.45) is 0. The molecule has 1 aromatic heterocycles. The second kappa shape index (κ2) is 7.77. The van der Waals surface area contributed by atoms with Crippen LogP contribution in [0.15, 0.2) is 34.2 Å². The zero-order valence-corrected chi connectivity index (χ0v) is 13.7. The summed E-state index contributed by atoms with van der Waals surface area (Å²) >= 11 is 1.16. The highest BCUT2D eigenvalue weighted by Crippen LogP contribution is 2.17. The Morgan fingerprint density at radius 3 is 2.78 bits per heavy atom. The SMILES string of the molecule is CCn1c(SCC(=O)NCC(=O)OC)nc2ccccc2c1=O. The van der Waals surface area contributed by atoms with Crippen LogP contribution in [0, 0.1) is 0 Å². The summed E-state index contributed by atoms with van der Waals surface area (Å²) in [5, 5.41) is 3.47. The second-order valence-electron chi connectivity index (χ2n) is 4.60. The lowest BCUT2D eigenvalue weighted by molar-refractivity contribution is -0.140. The van der Waals surface area contributed by atoms with Crippen LogP contribution in [0.2, 0.25) is 0 Å². The third-order valence-electron chi connectivity index (χ3n) is 3.13. The zero-order valence-electron chi connectivity index (χ0n) is 12.9. The number of rotatable bonds is 6. The maximum Gasteiger partial charge on any atom is 0.325 e. The fourth-order valence-electron chi connectivity index (χ4n) is 1.96. The number of hydrogen-bond acceptors (Lipinski definition) is 6. The minimum Gasteiger partial charge on any atom is -0.468 e. The Balaban J connectivity index is 2.15. The van der Waals surface area contributed by atoms with Crippen LogP contribution >= 0.6 is 11.8 Å². The van der Waals surface area contributed by atoms with Crippen molar-refractivity contribution in [3.63, 3.8) is 0 Å². The van der Waals surface area contributed by atoms with Gasteiger partial charge in [0.2, 0.25) is 5.91 Å². The molecule has 2 aromatic rings. The Morgan fingerprint density at radius 1 is 1.35 bits per heavy atom. The Hall–Kier alpha value is -2.35. The molecule has 0 aliphatic rings. The van der Waals surface area contributed by atoms with Gasteiger partial charge in [-0.05, 0) is 19.1 Å². The topological polar surface area (TPSA) is 90.3 Å². The average molecular weight is 335 g/mol. The molecule has 1 heterocycles. The Bertz CT molecular complexity index is 788. The fraction of sp³-hybridized carbons (Fsp3) is 0.333. The zero-order chi connectivity index (χ0) is 16.8. The van der Waals surface area contributed by atoms with Gasteiger partial charge in [0, 0.05) is 6.54 Å². The molecule has 8 heteroatoms. The van der Waals surface area contributed by atoms with Crippen molar-refractivity contribution in [2.24, 2.45) is 0 Å². The van der Waals surface area contributed by atoms with Crippen molar-refractivity contribution in [3.8, 4) is 0 Å². The number of carbonyl (C=O) groups is 2. The van der Waals surface area contributed by atoms with Crippen molar-refractivity contribution < 1.29 is 14.3 Å². The number of amides is 1. The van der Waals surface area contributed by atoms with Crippen molar-refractivity contribution in [1.82, 2.24) is 14.9 Å². The summed E-state index contributed by atoms with van der Waals surface area (Å²) in [6.45, 7) is 2.13. The molecule has 0 saturated carbocycles. The third kappa shape index (κ3) is 4.10. The summed E-state index contributed by atoms with van der Waals surface area (Å²) < 4.78 is 5.97. The van der Waals surface area contributed by atoms with Crippen molar-refractivity contribution in [1.29, 1.82) is 0 Å². The fourth-order valence-corrected chi connectivity index (χ4v) is 2.85. The minimum atomic E-state index is -0.516. The lowest BCUT2D eigenvalue weighted by Crippen LogP contribution is -2.31. The maximum atomic E-state index is 12.4. The number of ether oxygens (including phenoxy) is 1. The molecule has 0 radical (unpaired) electrons. The molecule has 1 N–H and O–H groups in total.